The fraction of sp³-hybridized carbons (Fsp3) is 0.652. The van der Waals surface area contributed by atoms with Crippen molar-refractivity contribution in [3.8, 4) is 0 Å². The van der Waals surface area contributed by atoms with Gasteiger partial charge in [0.25, 0.3) is 0 Å². The third kappa shape index (κ3) is 14.0. The summed E-state index contributed by atoms with van der Waals surface area (Å²) in [5.41, 5.74) is 0.691. The van der Waals surface area contributed by atoms with Crippen molar-refractivity contribution >= 4 is 17.6 Å². The topological polar surface area (TPSA) is 55.4 Å². The summed E-state index contributed by atoms with van der Waals surface area (Å²) in [6, 6.07) is 9.12. The van der Waals surface area contributed by atoms with E-state index in [1.54, 1.807) is 12.1 Å². The second kappa shape index (κ2) is 16.3. The third-order valence-corrected chi connectivity index (χ3v) is 4.62. The van der Waals surface area contributed by atoms with Crippen molar-refractivity contribution in [2.24, 2.45) is 0 Å². The zero-order valence-corrected chi connectivity index (χ0v) is 17.0. The number of para-hydroxylation sites is 1. The molecule has 0 saturated carbocycles. The van der Waals surface area contributed by atoms with E-state index in [9.17, 15) is 9.59 Å². The van der Waals surface area contributed by atoms with Gasteiger partial charge in [-0.2, -0.15) is 0 Å². The molecule has 152 valence electrons. The molecule has 0 spiro atoms. The molecule has 1 aromatic rings. The summed E-state index contributed by atoms with van der Waals surface area (Å²) >= 11 is 0. The summed E-state index contributed by atoms with van der Waals surface area (Å²) in [7, 11) is 0. The molecule has 0 aliphatic heterocycles. The molecule has 0 atom stereocenters. The maximum Gasteiger partial charge on any atom is 0.315 e. The van der Waals surface area contributed by atoms with Gasteiger partial charge >= 0.3 is 5.97 Å². The number of benzene rings is 1. The summed E-state index contributed by atoms with van der Waals surface area (Å²) in [5.74, 6) is -0.785. The number of ether oxygens (including phenoxy) is 1. The SMILES string of the molecule is CCCCCCCCCCCCCCOC(=O)CC(=O)Nc1ccccc1. The average molecular weight is 376 g/mol. The van der Waals surface area contributed by atoms with E-state index in [0.29, 0.717) is 12.3 Å². The van der Waals surface area contributed by atoms with Crippen LogP contribution in [-0.2, 0) is 14.3 Å². The van der Waals surface area contributed by atoms with Crippen LogP contribution in [0.15, 0.2) is 30.3 Å². The van der Waals surface area contributed by atoms with Gasteiger partial charge in [-0.3, -0.25) is 9.59 Å². The van der Waals surface area contributed by atoms with Crippen molar-refractivity contribution in [1.82, 2.24) is 0 Å². The number of carbonyl (C=O) groups excluding carboxylic acids is 2. The highest BCUT2D eigenvalue weighted by molar-refractivity contribution is 6.01. The Bertz CT molecular complexity index is 502. The molecule has 0 aromatic heterocycles. The van der Waals surface area contributed by atoms with Crippen LogP contribution >= 0.6 is 0 Å². The quantitative estimate of drug-likeness (QED) is 0.211. The minimum atomic E-state index is -0.452. The zero-order valence-electron chi connectivity index (χ0n) is 17.0. The molecule has 0 saturated heterocycles. The van der Waals surface area contributed by atoms with E-state index >= 15 is 0 Å². The van der Waals surface area contributed by atoms with E-state index in [1.165, 1.54) is 64.2 Å². The highest BCUT2D eigenvalue weighted by atomic mass is 16.5. The first-order chi connectivity index (χ1) is 13.2. The monoisotopic (exact) mass is 375 g/mol. The van der Waals surface area contributed by atoms with E-state index < -0.39 is 5.97 Å². The van der Waals surface area contributed by atoms with Crippen molar-refractivity contribution < 1.29 is 14.3 Å². The molecule has 0 bridgehead atoms. The maximum atomic E-state index is 11.7. The Morgan fingerprint density at radius 1 is 0.778 bits per heavy atom. The van der Waals surface area contributed by atoms with Crippen molar-refractivity contribution in [2.75, 3.05) is 11.9 Å². The van der Waals surface area contributed by atoms with Gasteiger partial charge in [-0.1, -0.05) is 95.8 Å². The summed E-state index contributed by atoms with van der Waals surface area (Å²) in [5, 5.41) is 2.68. The Morgan fingerprint density at radius 2 is 1.30 bits per heavy atom. The fourth-order valence-electron chi connectivity index (χ4n) is 3.04. The Labute approximate surface area is 165 Å². The van der Waals surface area contributed by atoms with Gasteiger partial charge in [-0.15, -0.1) is 0 Å². The number of nitrogens with one attached hydrogen (secondary N) is 1. The van der Waals surface area contributed by atoms with Crippen molar-refractivity contribution in [3.63, 3.8) is 0 Å². The number of anilines is 1. The van der Waals surface area contributed by atoms with Crippen LogP contribution in [0.3, 0.4) is 0 Å². The molecule has 1 rings (SSSR count). The Kier molecular flexibility index (Phi) is 14.0. The minimum Gasteiger partial charge on any atom is -0.465 e. The zero-order chi connectivity index (χ0) is 19.6. The lowest BCUT2D eigenvalue weighted by molar-refractivity contribution is -0.145. The Morgan fingerprint density at radius 3 is 1.85 bits per heavy atom. The van der Waals surface area contributed by atoms with Gasteiger partial charge in [0, 0.05) is 5.69 Å². The largest absolute Gasteiger partial charge is 0.465 e. The van der Waals surface area contributed by atoms with Crippen LogP contribution in [0.5, 0.6) is 0 Å². The molecule has 1 aromatic carbocycles. The van der Waals surface area contributed by atoms with Gasteiger partial charge < -0.3 is 10.1 Å². The van der Waals surface area contributed by atoms with E-state index in [0.717, 1.165) is 12.8 Å². The summed E-state index contributed by atoms with van der Waals surface area (Å²) in [4.78, 5) is 23.4. The van der Waals surface area contributed by atoms with Crippen LogP contribution in [-0.4, -0.2) is 18.5 Å². The molecular weight excluding hydrogens is 338 g/mol. The van der Waals surface area contributed by atoms with Gasteiger partial charge in [-0.25, -0.2) is 0 Å². The van der Waals surface area contributed by atoms with Crippen LogP contribution in [0.4, 0.5) is 5.69 Å². The van der Waals surface area contributed by atoms with Crippen LogP contribution in [0.2, 0.25) is 0 Å². The van der Waals surface area contributed by atoms with Gasteiger partial charge in [0.1, 0.15) is 6.42 Å². The summed E-state index contributed by atoms with van der Waals surface area (Å²) in [6.07, 6.45) is 15.1. The van der Waals surface area contributed by atoms with Crippen molar-refractivity contribution in [1.29, 1.82) is 0 Å². The Hall–Kier alpha value is -1.84. The molecule has 4 heteroatoms. The van der Waals surface area contributed by atoms with Crippen LogP contribution in [0.25, 0.3) is 0 Å². The number of hydrogen-bond acceptors (Lipinski definition) is 3. The molecule has 0 unspecified atom stereocenters. The molecule has 0 aliphatic carbocycles. The second-order valence-corrected chi connectivity index (χ2v) is 7.20. The molecule has 0 aliphatic rings. The van der Waals surface area contributed by atoms with Gasteiger partial charge in [0.2, 0.25) is 5.91 Å². The fourth-order valence-corrected chi connectivity index (χ4v) is 3.04. The lowest BCUT2D eigenvalue weighted by Gasteiger charge is -2.06. The molecular formula is C23H37NO3. The molecule has 4 nitrogen and oxygen atoms in total. The van der Waals surface area contributed by atoms with Gasteiger partial charge in [0.05, 0.1) is 6.61 Å². The predicted molar refractivity (Wildman–Crippen MR) is 112 cm³/mol. The molecule has 1 N–H and O–H groups in total. The normalized spacial score (nSPS) is 10.6. The van der Waals surface area contributed by atoms with Crippen LogP contribution in [0.1, 0.15) is 90.4 Å². The second-order valence-electron chi connectivity index (χ2n) is 7.20. The first kappa shape index (κ1) is 23.2. The van der Waals surface area contributed by atoms with Crippen molar-refractivity contribution in [3.05, 3.63) is 30.3 Å². The maximum absolute atomic E-state index is 11.7. The molecule has 0 heterocycles. The summed E-state index contributed by atoms with van der Waals surface area (Å²) in [6.45, 7) is 2.67. The van der Waals surface area contributed by atoms with E-state index in [-0.39, 0.29) is 12.3 Å². The smallest absolute Gasteiger partial charge is 0.315 e. The first-order valence-electron chi connectivity index (χ1n) is 10.7. The molecule has 1 amide bonds. The van der Waals surface area contributed by atoms with E-state index in [4.69, 9.17) is 4.74 Å². The lowest BCUT2D eigenvalue weighted by Crippen LogP contribution is -2.18. The standard InChI is InChI=1S/C23H37NO3/c1-2-3-4-5-6-7-8-9-10-11-12-16-19-27-23(26)20-22(25)24-21-17-14-13-15-18-21/h13-15,17-18H,2-12,16,19-20H2,1H3,(H,24,25). The number of esters is 1. The number of unbranched alkanes of at least 4 members (excludes halogenated alkanes) is 11. The third-order valence-electron chi connectivity index (χ3n) is 4.62. The number of amides is 1. The number of rotatable bonds is 16. The number of carbonyl (C=O) groups is 2. The molecule has 0 radical (unpaired) electrons. The molecule has 0 fully saturated rings. The van der Waals surface area contributed by atoms with E-state index in [1.807, 2.05) is 18.2 Å². The van der Waals surface area contributed by atoms with Crippen LogP contribution in [0, 0.1) is 0 Å². The minimum absolute atomic E-state index is 0.229. The van der Waals surface area contributed by atoms with Crippen molar-refractivity contribution in [2.45, 2.75) is 90.4 Å². The summed E-state index contributed by atoms with van der Waals surface area (Å²) < 4.78 is 5.14. The highest BCUT2D eigenvalue weighted by Crippen LogP contribution is 2.12. The van der Waals surface area contributed by atoms with Gasteiger partial charge in [-0.05, 0) is 18.6 Å². The predicted octanol–water partition coefficient (Wildman–Crippen LogP) is 6.26. The molecule has 27 heavy (non-hydrogen) atoms. The highest BCUT2D eigenvalue weighted by Gasteiger charge is 2.10. The Balaban J connectivity index is 1.87. The first-order valence-corrected chi connectivity index (χ1v) is 10.7. The average Bonchev–Trinajstić information content (AvgIpc) is 2.66. The van der Waals surface area contributed by atoms with E-state index in [2.05, 4.69) is 12.2 Å². The number of hydrogen-bond donors (Lipinski definition) is 1. The van der Waals surface area contributed by atoms with Gasteiger partial charge in [0.15, 0.2) is 0 Å². The lowest BCUT2D eigenvalue weighted by atomic mass is 10.1. The van der Waals surface area contributed by atoms with Crippen LogP contribution < -0.4 is 5.32 Å².